The molecule has 5 nitrogen and oxygen atoms in total. The number of nitrogens with zero attached hydrogens (tertiary/aromatic N) is 1. The van der Waals surface area contributed by atoms with Crippen molar-refractivity contribution in [1.29, 1.82) is 0 Å². The third kappa shape index (κ3) is 6.23. The number of hydrogen-bond donors (Lipinski definition) is 1. The van der Waals surface area contributed by atoms with Crippen molar-refractivity contribution in [2.75, 3.05) is 10.6 Å². The molecule has 3 rings (SSSR count). The molecule has 1 atom stereocenters. The van der Waals surface area contributed by atoms with Crippen LogP contribution in [0.1, 0.15) is 58.1 Å². The second-order valence-electron chi connectivity index (χ2n) is 8.55. The molecule has 0 bridgehead atoms. The Morgan fingerprint density at radius 1 is 0.939 bits per heavy atom. The molecule has 0 radical (unpaired) electrons. The van der Waals surface area contributed by atoms with Gasteiger partial charge in [0.15, 0.2) is 0 Å². The number of sulfonamides is 1. The number of hydrogen-bond acceptors (Lipinski definition) is 3. The SMILES string of the molecule is CCc1ccc(C(C)NC(=O)c2ccc(CN(c3cc(C)ccc3C)S(C)(=O)=O)cc2)cc1. The van der Waals surface area contributed by atoms with Crippen LogP contribution in [-0.2, 0) is 23.0 Å². The van der Waals surface area contributed by atoms with Crippen LogP contribution in [0.2, 0.25) is 0 Å². The molecule has 1 unspecified atom stereocenters. The van der Waals surface area contributed by atoms with Crippen molar-refractivity contribution in [2.24, 2.45) is 0 Å². The van der Waals surface area contributed by atoms with E-state index in [2.05, 4.69) is 24.4 Å². The first-order valence-electron chi connectivity index (χ1n) is 11.1. The Balaban J connectivity index is 1.74. The average molecular weight is 465 g/mol. The summed E-state index contributed by atoms with van der Waals surface area (Å²) in [5.74, 6) is -0.164. The zero-order valence-electron chi connectivity index (χ0n) is 19.9. The first kappa shape index (κ1) is 24.5. The first-order valence-corrected chi connectivity index (χ1v) is 13.0. The molecule has 1 amide bonds. The molecule has 0 spiro atoms. The number of benzene rings is 3. The Labute approximate surface area is 197 Å². The summed E-state index contributed by atoms with van der Waals surface area (Å²) < 4.78 is 26.5. The van der Waals surface area contributed by atoms with Crippen LogP contribution in [0.15, 0.2) is 66.7 Å². The van der Waals surface area contributed by atoms with E-state index in [1.807, 2.05) is 51.1 Å². The Kier molecular flexibility index (Phi) is 7.59. The minimum Gasteiger partial charge on any atom is -0.346 e. The Morgan fingerprint density at radius 2 is 1.55 bits per heavy atom. The van der Waals surface area contributed by atoms with Crippen LogP contribution < -0.4 is 9.62 Å². The third-order valence-corrected chi connectivity index (χ3v) is 6.94. The highest BCUT2D eigenvalue weighted by Gasteiger charge is 2.20. The topological polar surface area (TPSA) is 66.5 Å². The van der Waals surface area contributed by atoms with Crippen LogP contribution in [0.5, 0.6) is 0 Å². The second kappa shape index (κ2) is 10.2. The summed E-state index contributed by atoms with van der Waals surface area (Å²) in [7, 11) is -3.48. The predicted octanol–water partition coefficient (Wildman–Crippen LogP) is 5.32. The fraction of sp³-hybridized carbons (Fsp3) is 0.296. The van der Waals surface area contributed by atoms with Gasteiger partial charge in [-0.2, -0.15) is 0 Å². The van der Waals surface area contributed by atoms with E-state index in [-0.39, 0.29) is 18.5 Å². The van der Waals surface area contributed by atoms with Crippen molar-refractivity contribution in [1.82, 2.24) is 5.32 Å². The van der Waals surface area contributed by atoms with E-state index < -0.39 is 10.0 Å². The molecule has 0 aromatic heterocycles. The highest BCUT2D eigenvalue weighted by atomic mass is 32.2. The zero-order chi connectivity index (χ0) is 24.2. The van der Waals surface area contributed by atoms with Crippen molar-refractivity contribution in [3.63, 3.8) is 0 Å². The summed E-state index contributed by atoms with van der Waals surface area (Å²) in [6.07, 6.45) is 2.19. The highest BCUT2D eigenvalue weighted by Crippen LogP contribution is 2.26. The molecule has 0 aliphatic rings. The van der Waals surface area contributed by atoms with Crippen molar-refractivity contribution < 1.29 is 13.2 Å². The minimum atomic E-state index is -3.48. The van der Waals surface area contributed by atoms with Gasteiger partial charge in [0, 0.05) is 5.56 Å². The second-order valence-corrected chi connectivity index (χ2v) is 10.5. The van der Waals surface area contributed by atoms with Crippen LogP contribution in [0, 0.1) is 13.8 Å². The average Bonchev–Trinajstić information content (AvgIpc) is 2.79. The van der Waals surface area contributed by atoms with E-state index in [9.17, 15) is 13.2 Å². The largest absolute Gasteiger partial charge is 0.346 e. The third-order valence-electron chi connectivity index (χ3n) is 5.81. The van der Waals surface area contributed by atoms with Gasteiger partial charge in [-0.1, -0.05) is 55.5 Å². The van der Waals surface area contributed by atoms with E-state index in [0.717, 1.165) is 28.7 Å². The number of anilines is 1. The van der Waals surface area contributed by atoms with Crippen molar-refractivity contribution in [2.45, 2.75) is 46.7 Å². The van der Waals surface area contributed by atoms with Crippen molar-refractivity contribution >= 4 is 21.6 Å². The molecule has 0 saturated carbocycles. The Morgan fingerprint density at radius 3 is 2.12 bits per heavy atom. The van der Waals surface area contributed by atoms with Gasteiger partial charge in [-0.05, 0) is 73.2 Å². The maximum atomic E-state index is 12.7. The summed E-state index contributed by atoms with van der Waals surface area (Å²) in [4.78, 5) is 12.7. The van der Waals surface area contributed by atoms with E-state index in [0.29, 0.717) is 11.3 Å². The standard InChI is InChI=1S/C27H32N2O3S/c1-6-22-9-13-24(14-10-22)21(4)28-27(30)25-15-11-23(12-16-25)18-29(33(5,31)32)26-17-19(2)7-8-20(26)3/h7-17,21H,6,18H2,1-5H3,(H,28,30). The summed E-state index contributed by atoms with van der Waals surface area (Å²) in [6, 6.07) is 21.0. The molecule has 3 aromatic carbocycles. The van der Waals surface area contributed by atoms with Crippen LogP contribution >= 0.6 is 0 Å². The fourth-order valence-electron chi connectivity index (χ4n) is 3.70. The van der Waals surface area contributed by atoms with Crippen molar-refractivity contribution in [3.05, 3.63) is 100 Å². The lowest BCUT2D eigenvalue weighted by Crippen LogP contribution is -2.30. The number of carbonyl (C=O) groups is 1. The van der Waals surface area contributed by atoms with E-state index in [1.165, 1.54) is 16.1 Å². The summed E-state index contributed by atoms with van der Waals surface area (Å²) >= 11 is 0. The monoisotopic (exact) mass is 464 g/mol. The molecule has 0 saturated heterocycles. The van der Waals surface area contributed by atoms with E-state index in [4.69, 9.17) is 0 Å². The molecule has 1 N–H and O–H groups in total. The maximum Gasteiger partial charge on any atom is 0.251 e. The van der Waals surface area contributed by atoms with Gasteiger partial charge in [0.05, 0.1) is 24.5 Å². The van der Waals surface area contributed by atoms with Gasteiger partial charge in [0.2, 0.25) is 10.0 Å². The predicted molar refractivity (Wildman–Crippen MR) is 135 cm³/mol. The normalized spacial score (nSPS) is 12.3. The lowest BCUT2D eigenvalue weighted by atomic mass is 10.0. The Bertz CT molecular complexity index is 1220. The lowest BCUT2D eigenvalue weighted by Gasteiger charge is -2.25. The maximum absolute atomic E-state index is 12.7. The summed E-state index contributed by atoms with van der Waals surface area (Å²) in [6.45, 7) is 8.11. The van der Waals surface area contributed by atoms with Crippen LogP contribution in [0.25, 0.3) is 0 Å². The zero-order valence-corrected chi connectivity index (χ0v) is 20.7. The quantitative estimate of drug-likeness (QED) is 0.490. The van der Waals surface area contributed by atoms with Crippen molar-refractivity contribution in [3.8, 4) is 0 Å². The number of rotatable bonds is 8. The molecule has 0 aliphatic heterocycles. The number of carbonyl (C=O) groups excluding carboxylic acids is 1. The van der Waals surface area contributed by atoms with Gasteiger partial charge in [0.25, 0.3) is 5.91 Å². The number of amides is 1. The lowest BCUT2D eigenvalue weighted by molar-refractivity contribution is 0.0940. The number of nitrogens with one attached hydrogen (secondary N) is 1. The Hall–Kier alpha value is -3.12. The molecule has 33 heavy (non-hydrogen) atoms. The van der Waals surface area contributed by atoms with E-state index >= 15 is 0 Å². The molecule has 0 heterocycles. The smallest absolute Gasteiger partial charge is 0.251 e. The highest BCUT2D eigenvalue weighted by molar-refractivity contribution is 7.92. The van der Waals surface area contributed by atoms with Gasteiger partial charge in [0.1, 0.15) is 0 Å². The molecular formula is C27H32N2O3S. The van der Waals surface area contributed by atoms with E-state index in [1.54, 1.807) is 24.3 Å². The van der Waals surface area contributed by atoms with Gasteiger partial charge >= 0.3 is 0 Å². The molecule has 174 valence electrons. The molecular weight excluding hydrogens is 432 g/mol. The summed E-state index contributed by atoms with van der Waals surface area (Å²) in [5, 5.41) is 3.03. The van der Waals surface area contributed by atoms with Gasteiger partial charge in [-0.25, -0.2) is 8.42 Å². The number of aryl methyl sites for hydroxylation is 3. The molecule has 0 fully saturated rings. The van der Waals surface area contributed by atoms with Crippen LogP contribution in [0.4, 0.5) is 5.69 Å². The fourth-order valence-corrected chi connectivity index (χ4v) is 4.64. The van der Waals surface area contributed by atoms with Gasteiger partial charge in [-0.15, -0.1) is 0 Å². The minimum absolute atomic E-state index is 0.117. The van der Waals surface area contributed by atoms with Crippen LogP contribution in [0.3, 0.4) is 0 Å². The summed E-state index contributed by atoms with van der Waals surface area (Å²) in [5.41, 5.74) is 6.21. The molecule has 3 aromatic rings. The molecule has 6 heteroatoms. The molecule has 0 aliphatic carbocycles. The van der Waals surface area contributed by atoms with Gasteiger partial charge < -0.3 is 5.32 Å². The first-order chi connectivity index (χ1) is 15.6. The van der Waals surface area contributed by atoms with Gasteiger partial charge in [-0.3, -0.25) is 9.10 Å². The van der Waals surface area contributed by atoms with Crippen LogP contribution in [-0.4, -0.2) is 20.6 Å².